The van der Waals surface area contributed by atoms with Gasteiger partial charge >= 0.3 is 5.97 Å². The molecule has 2 heterocycles. The molecule has 1 aliphatic heterocycles. The summed E-state index contributed by atoms with van der Waals surface area (Å²) in [4.78, 5) is 32.0. The zero-order valence-corrected chi connectivity index (χ0v) is 22.5. The van der Waals surface area contributed by atoms with Gasteiger partial charge in [0, 0.05) is 10.6 Å². The van der Waals surface area contributed by atoms with Crippen LogP contribution >= 0.6 is 22.9 Å². The number of ether oxygens (including phenoxy) is 2. The van der Waals surface area contributed by atoms with E-state index in [2.05, 4.69) is 4.99 Å². The van der Waals surface area contributed by atoms with Gasteiger partial charge in [0.15, 0.2) is 4.80 Å². The van der Waals surface area contributed by atoms with Crippen LogP contribution < -0.4 is 19.6 Å². The lowest BCUT2D eigenvalue weighted by molar-refractivity contribution is -0.139. The molecule has 0 unspecified atom stereocenters. The number of para-hydroxylation sites is 1. The van der Waals surface area contributed by atoms with Gasteiger partial charge in [0.1, 0.15) is 12.4 Å². The summed E-state index contributed by atoms with van der Waals surface area (Å²) in [6.45, 7) is 4.10. The van der Waals surface area contributed by atoms with Crippen LogP contribution in [0, 0.1) is 0 Å². The predicted octanol–water partition coefficient (Wildman–Crippen LogP) is 5.03. The van der Waals surface area contributed by atoms with Crippen LogP contribution in [0.5, 0.6) is 5.75 Å². The molecule has 0 fully saturated rings. The lowest BCUT2D eigenvalue weighted by Crippen LogP contribution is -2.39. The van der Waals surface area contributed by atoms with E-state index in [1.165, 1.54) is 11.3 Å². The van der Waals surface area contributed by atoms with E-state index in [9.17, 15) is 9.59 Å². The Morgan fingerprint density at radius 1 is 1.08 bits per heavy atom. The van der Waals surface area contributed by atoms with Gasteiger partial charge in [-0.2, -0.15) is 0 Å². The van der Waals surface area contributed by atoms with E-state index >= 15 is 0 Å². The molecule has 6 nitrogen and oxygen atoms in total. The molecule has 1 aliphatic rings. The molecular weight excluding hydrogens is 520 g/mol. The van der Waals surface area contributed by atoms with Crippen LogP contribution in [0.1, 0.15) is 36.6 Å². The molecule has 0 amide bonds. The van der Waals surface area contributed by atoms with Gasteiger partial charge < -0.3 is 9.47 Å². The molecule has 0 spiro atoms. The molecule has 5 rings (SSSR count). The summed E-state index contributed by atoms with van der Waals surface area (Å²) < 4.78 is 13.5. The first-order chi connectivity index (χ1) is 18.5. The molecule has 1 aromatic heterocycles. The van der Waals surface area contributed by atoms with Crippen molar-refractivity contribution in [2.45, 2.75) is 26.5 Å². The Balaban J connectivity index is 1.59. The van der Waals surface area contributed by atoms with E-state index in [4.69, 9.17) is 21.1 Å². The van der Waals surface area contributed by atoms with Crippen LogP contribution in [0.25, 0.3) is 6.08 Å². The number of carbonyl (C=O) groups is 1. The van der Waals surface area contributed by atoms with Crippen molar-refractivity contribution in [3.63, 3.8) is 0 Å². The Hall–Kier alpha value is -3.94. The molecule has 1 atom stereocenters. The van der Waals surface area contributed by atoms with Crippen molar-refractivity contribution in [1.29, 1.82) is 0 Å². The summed E-state index contributed by atoms with van der Waals surface area (Å²) in [7, 11) is 0. The highest BCUT2D eigenvalue weighted by molar-refractivity contribution is 7.07. The fourth-order valence-electron chi connectivity index (χ4n) is 4.40. The van der Waals surface area contributed by atoms with Gasteiger partial charge in [-0.1, -0.05) is 83.6 Å². The van der Waals surface area contributed by atoms with Crippen molar-refractivity contribution >= 4 is 35.0 Å². The van der Waals surface area contributed by atoms with E-state index < -0.39 is 12.0 Å². The number of thiazole rings is 1. The highest BCUT2D eigenvalue weighted by atomic mass is 35.5. The van der Waals surface area contributed by atoms with Gasteiger partial charge in [-0.15, -0.1) is 0 Å². The molecule has 192 valence electrons. The lowest BCUT2D eigenvalue weighted by atomic mass is 9.96. The summed E-state index contributed by atoms with van der Waals surface area (Å²) in [5, 5.41) is 0.644. The van der Waals surface area contributed by atoms with Crippen molar-refractivity contribution in [2.24, 2.45) is 4.99 Å². The summed E-state index contributed by atoms with van der Waals surface area (Å²) in [6, 6.07) is 23.9. The summed E-state index contributed by atoms with van der Waals surface area (Å²) in [5.41, 5.74) is 3.18. The van der Waals surface area contributed by atoms with Crippen LogP contribution in [0.4, 0.5) is 0 Å². The van der Waals surface area contributed by atoms with Gasteiger partial charge in [0.25, 0.3) is 5.56 Å². The lowest BCUT2D eigenvalue weighted by Gasteiger charge is -2.24. The molecule has 0 N–H and O–H groups in total. The third-order valence-corrected chi connectivity index (χ3v) is 7.34. The molecular formula is C30H25ClN2O4S. The number of halogens is 1. The van der Waals surface area contributed by atoms with Crippen molar-refractivity contribution in [3.05, 3.63) is 132 Å². The number of benzene rings is 3. The van der Waals surface area contributed by atoms with Gasteiger partial charge in [0.05, 0.1) is 28.5 Å². The van der Waals surface area contributed by atoms with E-state index in [1.54, 1.807) is 18.4 Å². The Labute approximate surface area is 228 Å². The van der Waals surface area contributed by atoms with Gasteiger partial charge in [-0.3, -0.25) is 9.36 Å². The number of nitrogens with zero attached hydrogens (tertiary/aromatic N) is 2. The number of esters is 1. The van der Waals surface area contributed by atoms with E-state index in [0.717, 1.165) is 16.7 Å². The Morgan fingerprint density at radius 2 is 1.84 bits per heavy atom. The largest absolute Gasteiger partial charge is 0.488 e. The molecule has 8 heteroatoms. The molecule has 3 aromatic carbocycles. The SMILES string of the molecule is CCOC(=O)C1=C(C)N=c2s/c(=C\c3ccccc3OCc3cccc(Cl)c3)c(=O)n2[C@@H]1c1ccccc1. The number of fused-ring (bicyclic) bond motifs is 1. The van der Waals surface area contributed by atoms with Crippen molar-refractivity contribution in [3.8, 4) is 5.75 Å². The molecule has 0 aliphatic carbocycles. The second-order valence-electron chi connectivity index (χ2n) is 8.67. The highest BCUT2D eigenvalue weighted by Gasteiger charge is 2.33. The Bertz CT molecular complexity index is 1710. The first-order valence-corrected chi connectivity index (χ1v) is 13.4. The standard InChI is InChI=1S/C30H25ClN2O4S/c1-3-36-29(35)26-19(2)32-30-33(27(26)21-11-5-4-6-12-21)28(34)25(38-30)17-22-13-7-8-15-24(22)37-18-20-10-9-14-23(31)16-20/h4-17,27H,3,18H2,1-2H3/b25-17-/t27-/m1/s1. The third-order valence-electron chi connectivity index (χ3n) is 6.12. The minimum absolute atomic E-state index is 0.230. The van der Waals surface area contributed by atoms with Crippen LogP contribution in [0.2, 0.25) is 5.02 Å². The maximum atomic E-state index is 13.8. The van der Waals surface area contributed by atoms with Crippen LogP contribution in [0.3, 0.4) is 0 Å². The van der Waals surface area contributed by atoms with Gasteiger partial charge in [0.2, 0.25) is 0 Å². The monoisotopic (exact) mass is 544 g/mol. The summed E-state index contributed by atoms with van der Waals surface area (Å²) in [5.74, 6) is 0.165. The molecule has 0 saturated carbocycles. The second kappa shape index (κ2) is 11.2. The average molecular weight is 545 g/mol. The van der Waals surface area contributed by atoms with E-state index in [1.807, 2.05) is 84.9 Å². The van der Waals surface area contributed by atoms with Crippen LogP contribution in [0.15, 0.2) is 99.9 Å². The fraction of sp³-hybridized carbons (Fsp3) is 0.167. The fourth-order valence-corrected chi connectivity index (χ4v) is 5.65. The van der Waals surface area contributed by atoms with Gasteiger partial charge in [-0.05, 0) is 49.2 Å². The second-order valence-corrected chi connectivity index (χ2v) is 10.1. The summed E-state index contributed by atoms with van der Waals surface area (Å²) in [6.07, 6.45) is 1.81. The van der Waals surface area contributed by atoms with E-state index in [-0.39, 0.29) is 12.2 Å². The average Bonchev–Trinajstić information content (AvgIpc) is 3.22. The minimum Gasteiger partial charge on any atom is -0.488 e. The number of carbonyl (C=O) groups excluding carboxylic acids is 1. The molecule has 38 heavy (non-hydrogen) atoms. The molecule has 4 aromatic rings. The third kappa shape index (κ3) is 5.21. The highest BCUT2D eigenvalue weighted by Crippen LogP contribution is 2.30. The number of allylic oxidation sites excluding steroid dienone is 1. The maximum absolute atomic E-state index is 13.8. The number of rotatable bonds is 7. The Morgan fingerprint density at radius 3 is 2.61 bits per heavy atom. The quantitative estimate of drug-likeness (QED) is 0.306. The smallest absolute Gasteiger partial charge is 0.338 e. The maximum Gasteiger partial charge on any atom is 0.338 e. The van der Waals surface area contributed by atoms with E-state index in [0.29, 0.717) is 38.0 Å². The number of hydrogen-bond acceptors (Lipinski definition) is 6. The topological polar surface area (TPSA) is 69.9 Å². The van der Waals surface area contributed by atoms with Crippen LogP contribution in [-0.4, -0.2) is 17.1 Å². The normalized spacial score (nSPS) is 15.1. The predicted molar refractivity (Wildman–Crippen MR) is 149 cm³/mol. The Kier molecular flexibility index (Phi) is 7.58. The minimum atomic E-state index is -0.636. The summed E-state index contributed by atoms with van der Waals surface area (Å²) >= 11 is 7.39. The van der Waals surface area contributed by atoms with Crippen molar-refractivity contribution < 1.29 is 14.3 Å². The zero-order valence-electron chi connectivity index (χ0n) is 20.9. The first-order valence-electron chi connectivity index (χ1n) is 12.2. The molecule has 0 radical (unpaired) electrons. The molecule has 0 saturated heterocycles. The van der Waals surface area contributed by atoms with Crippen molar-refractivity contribution in [2.75, 3.05) is 6.61 Å². The van der Waals surface area contributed by atoms with Crippen LogP contribution in [-0.2, 0) is 16.1 Å². The van der Waals surface area contributed by atoms with Crippen molar-refractivity contribution in [1.82, 2.24) is 4.57 Å². The molecule has 0 bridgehead atoms. The van der Waals surface area contributed by atoms with Gasteiger partial charge in [-0.25, -0.2) is 9.79 Å². The zero-order chi connectivity index (χ0) is 26.6. The number of hydrogen-bond donors (Lipinski definition) is 0. The first kappa shape index (κ1) is 25.7. The number of aromatic nitrogens is 1.